The molecule has 0 atom stereocenters. The van der Waals surface area contributed by atoms with Crippen molar-refractivity contribution in [2.75, 3.05) is 7.11 Å². The Kier molecular flexibility index (Phi) is 4.21. The van der Waals surface area contributed by atoms with Gasteiger partial charge in [-0.2, -0.15) is 0 Å². The Balaban J connectivity index is 2.32. The van der Waals surface area contributed by atoms with Gasteiger partial charge < -0.3 is 4.74 Å². The van der Waals surface area contributed by atoms with Crippen LogP contribution in [0.5, 0.6) is 5.75 Å². The minimum atomic E-state index is -3.76. The van der Waals surface area contributed by atoms with E-state index in [4.69, 9.17) is 4.74 Å². The Morgan fingerprint density at radius 3 is 2.32 bits per heavy atom. The Labute approximate surface area is 148 Å². The zero-order chi connectivity index (χ0) is 18.2. The molecule has 0 fully saturated rings. The molecule has 0 amide bonds. The summed E-state index contributed by atoms with van der Waals surface area (Å²) in [6, 6.07) is 15.8. The summed E-state index contributed by atoms with van der Waals surface area (Å²) >= 11 is 0. The van der Waals surface area contributed by atoms with E-state index < -0.39 is 15.4 Å². The van der Waals surface area contributed by atoms with E-state index in [-0.39, 0.29) is 4.90 Å². The molecular weight excluding hydrogens is 334 g/mol. The number of nitrogens with zero attached hydrogens (tertiary/aromatic N) is 1. The predicted molar refractivity (Wildman–Crippen MR) is 101 cm³/mol. The van der Waals surface area contributed by atoms with E-state index in [9.17, 15) is 8.42 Å². The fraction of sp³-hybridized carbons (Fsp3) is 0.200. The van der Waals surface area contributed by atoms with Gasteiger partial charge in [0, 0.05) is 16.5 Å². The second kappa shape index (κ2) is 6.08. The van der Waals surface area contributed by atoms with Gasteiger partial charge in [0.25, 0.3) is 10.0 Å². The van der Waals surface area contributed by atoms with E-state index in [1.165, 1.54) is 3.97 Å². The van der Waals surface area contributed by atoms with Crippen molar-refractivity contribution in [3.63, 3.8) is 0 Å². The van der Waals surface area contributed by atoms with Crippen LogP contribution >= 0.6 is 0 Å². The highest BCUT2D eigenvalue weighted by atomic mass is 32.2. The standard InChI is InChI=1S/C20H21NO3S/c1-5-20(2,3)19-14-15-8-6-7-9-18(15)21(19)25(22,23)17-12-10-16(24-4)11-13-17/h5-14H,1H2,2-4H3. The average molecular weight is 355 g/mol. The number of aromatic nitrogens is 1. The monoisotopic (exact) mass is 355 g/mol. The van der Waals surface area contributed by atoms with Crippen LogP contribution in [0, 0.1) is 0 Å². The molecule has 1 heterocycles. The van der Waals surface area contributed by atoms with Gasteiger partial charge in [-0.25, -0.2) is 12.4 Å². The van der Waals surface area contributed by atoms with Crippen molar-refractivity contribution in [2.24, 2.45) is 0 Å². The van der Waals surface area contributed by atoms with Crippen molar-refractivity contribution in [1.82, 2.24) is 3.97 Å². The van der Waals surface area contributed by atoms with E-state index in [0.29, 0.717) is 17.0 Å². The average Bonchev–Trinajstić information content (AvgIpc) is 3.03. The first-order valence-corrected chi connectivity index (χ1v) is 9.39. The predicted octanol–water partition coefficient (Wildman–Crippen LogP) is 4.35. The highest BCUT2D eigenvalue weighted by molar-refractivity contribution is 7.90. The van der Waals surface area contributed by atoms with Crippen LogP contribution in [-0.2, 0) is 15.4 Å². The fourth-order valence-corrected chi connectivity index (χ4v) is 4.46. The first kappa shape index (κ1) is 17.3. The van der Waals surface area contributed by atoms with Crippen molar-refractivity contribution in [3.05, 3.63) is 72.9 Å². The number of ether oxygens (including phenoxy) is 1. The van der Waals surface area contributed by atoms with Gasteiger partial charge in [0.15, 0.2) is 0 Å². The fourth-order valence-electron chi connectivity index (χ4n) is 2.79. The summed E-state index contributed by atoms with van der Waals surface area (Å²) in [6.45, 7) is 7.78. The zero-order valence-corrected chi connectivity index (χ0v) is 15.4. The zero-order valence-electron chi connectivity index (χ0n) is 14.6. The maximum absolute atomic E-state index is 13.4. The molecule has 0 N–H and O–H groups in total. The summed E-state index contributed by atoms with van der Waals surface area (Å²) in [5.74, 6) is 0.614. The van der Waals surface area contributed by atoms with E-state index in [2.05, 4.69) is 6.58 Å². The third-order valence-corrected chi connectivity index (χ3v) is 6.18. The SMILES string of the molecule is C=CC(C)(C)c1cc2ccccc2n1S(=O)(=O)c1ccc(OC)cc1. The van der Waals surface area contributed by atoms with Gasteiger partial charge >= 0.3 is 0 Å². The van der Waals surface area contributed by atoms with Gasteiger partial charge in [0.2, 0.25) is 0 Å². The van der Waals surface area contributed by atoms with Gasteiger partial charge in [-0.3, -0.25) is 0 Å². The van der Waals surface area contributed by atoms with Crippen LogP contribution in [-0.4, -0.2) is 19.5 Å². The van der Waals surface area contributed by atoms with Crippen LogP contribution in [0.2, 0.25) is 0 Å². The van der Waals surface area contributed by atoms with Crippen LogP contribution in [0.15, 0.2) is 72.1 Å². The molecule has 25 heavy (non-hydrogen) atoms. The lowest BCUT2D eigenvalue weighted by molar-refractivity contribution is 0.414. The van der Waals surface area contributed by atoms with E-state index >= 15 is 0 Å². The van der Waals surface area contributed by atoms with Crippen LogP contribution in [0.25, 0.3) is 10.9 Å². The second-order valence-electron chi connectivity index (χ2n) is 6.46. The molecule has 0 radical (unpaired) electrons. The van der Waals surface area contributed by atoms with Crippen LogP contribution in [0.3, 0.4) is 0 Å². The molecule has 0 saturated heterocycles. The largest absolute Gasteiger partial charge is 0.497 e. The number of benzene rings is 2. The first-order chi connectivity index (χ1) is 11.8. The number of allylic oxidation sites excluding steroid dienone is 1. The number of hydrogen-bond donors (Lipinski definition) is 0. The Morgan fingerprint density at radius 2 is 1.72 bits per heavy atom. The molecule has 0 bridgehead atoms. The summed E-state index contributed by atoms with van der Waals surface area (Å²) in [6.07, 6.45) is 1.77. The molecule has 3 aromatic rings. The van der Waals surface area contributed by atoms with Gasteiger partial charge in [0.1, 0.15) is 5.75 Å². The highest BCUT2D eigenvalue weighted by Crippen LogP contribution is 2.34. The smallest absolute Gasteiger partial charge is 0.268 e. The summed E-state index contributed by atoms with van der Waals surface area (Å²) in [5.41, 5.74) is 0.834. The first-order valence-electron chi connectivity index (χ1n) is 7.95. The maximum atomic E-state index is 13.4. The molecule has 0 aliphatic rings. The lowest BCUT2D eigenvalue weighted by Crippen LogP contribution is -2.24. The molecule has 0 aliphatic heterocycles. The number of para-hydroxylation sites is 1. The Hall–Kier alpha value is -2.53. The van der Waals surface area contributed by atoms with E-state index in [1.807, 2.05) is 44.2 Å². The van der Waals surface area contributed by atoms with E-state index in [1.54, 1.807) is 37.5 Å². The summed E-state index contributed by atoms with van der Waals surface area (Å²) < 4.78 is 33.3. The third kappa shape index (κ3) is 2.85. The Bertz CT molecular complexity index is 1030. The molecule has 5 heteroatoms. The summed E-state index contributed by atoms with van der Waals surface area (Å²) in [7, 11) is -2.21. The van der Waals surface area contributed by atoms with Crippen molar-refractivity contribution >= 4 is 20.9 Å². The van der Waals surface area contributed by atoms with Gasteiger partial charge in [-0.15, -0.1) is 6.58 Å². The number of rotatable bonds is 5. The summed E-state index contributed by atoms with van der Waals surface area (Å²) in [4.78, 5) is 0.218. The van der Waals surface area contributed by atoms with Crippen molar-refractivity contribution < 1.29 is 13.2 Å². The molecule has 2 aromatic carbocycles. The molecule has 0 saturated carbocycles. The number of hydrogen-bond acceptors (Lipinski definition) is 3. The van der Waals surface area contributed by atoms with Crippen LogP contribution in [0.4, 0.5) is 0 Å². The van der Waals surface area contributed by atoms with Crippen LogP contribution < -0.4 is 4.74 Å². The quantitative estimate of drug-likeness (QED) is 0.639. The molecule has 0 unspecified atom stereocenters. The number of methoxy groups -OCH3 is 1. The lowest BCUT2D eigenvalue weighted by Gasteiger charge is -2.23. The highest BCUT2D eigenvalue weighted by Gasteiger charge is 2.29. The normalized spacial score (nSPS) is 12.3. The van der Waals surface area contributed by atoms with Gasteiger partial charge in [0.05, 0.1) is 17.5 Å². The Morgan fingerprint density at radius 1 is 1.08 bits per heavy atom. The minimum Gasteiger partial charge on any atom is -0.497 e. The van der Waals surface area contributed by atoms with Crippen molar-refractivity contribution in [1.29, 1.82) is 0 Å². The second-order valence-corrected chi connectivity index (χ2v) is 8.25. The lowest BCUT2D eigenvalue weighted by atomic mass is 9.90. The molecule has 130 valence electrons. The minimum absolute atomic E-state index is 0.218. The van der Waals surface area contributed by atoms with Crippen molar-refractivity contribution in [3.8, 4) is 5.75 Å². The molecule has 4 nitrogen and oxygen atoms in total. The third-order valence-electron chi connectivity index (χ3n) is 4.43. The molecule has 0 aliphatic carbocycles. The van der Waals surface area contributed by atoms with Crippen LogP contribution in [0.1, 0.15) is 19.5 Å². The van der Waals surface area contributed by atoms with Crippen molar-refractivity contribution in [2.45, 2.75) is 24.2 Å². The topological polar surface area (TPSA) is 48.3 Å². The summed E-state index contributed by atoms with van der Waals surface area (Å²) in [5, 5.41) is 0.879. The molecular formula is C20H21NO3S. The van der Waals surface area contributed by atoms with Gasteiger partial charge in [-0.1, -0.05) is 38.1 Å². The molecule has 3 rings (SSSR count). The van der Waals surface area contributed by atoms with E-state index in [0.717, 1.165) is 5.39 Å². The maximum Gasteiger partial charge on any atom is 0.268 e. The molecule has 0 spiro atoms. The molecule has 1 aromatic heterocycles. The van der Waals surface area contributed by atoms with Gasteiger partial charge in [-0.05, 0) is 36.4 Å². The number of fused-ring (bicyclic) bond motifs is 1.